The second kappa shape index (κ2) is 4.48. The Kier molecular flexibility index (Phi) is 2.58. The van der Waals surface area contributed by atoms with Gasteiger partial charge in [0.25, 0.3) is 0 Å². The number of benzene rings is 2. The quantitative estimate of drug-likeness (QED) is 0.697. The van der Waals surface area contributed by atoms with Crippen LogP contribution < -0.4 is 0 Å². The van der Waals surface area contributed by atoms with Gasteiger partial charge in [0.05, 0.1) is 11.7 Å². The van der Waals surface area contributed by atoms with Gasteiger partial charge in [0, 0.05) is 17.9 Å². The van der Waals surface area contributed by atoms with Crippen molar-refractivity contribution in [1.82, 2.24) is 0 Å². The molecule has 0 radical (unpaired) electrons. The van der Waals surface area contributed by atoms with E-state index in [1.807, 2.05) is 12.1 Å². The molecule has 0 spiro atoms. The van der Waals surface area contributed by atoms with Crippen LogP contribution in [0.1, 0.15) is 51.4 Å². The number of Topliss-reactive ketones (excluding diaryl/α,β-unsaturated/α-hetero) is 1. The lowest BCUT2D eigenvalue weighted by Crippen LogP contribution is -2.19. The number of rotatable bonds is 0. The van der Waals surface area contributed by atoms with Gasteiger partial charge < -0.3 is 15.3 Å². The molecule has 0 saturated heterocycles. The molecule has 2 aromatic rings. The average Bonchev–Trinajstić information content (AvgIpc) is 2.89. The number of carbonyl (C=O) groups excluding carboxylic acids is 1. The van der Waals surface area contributed by atoms with Gasteiger partial charge in [-0.25, -0.2) is 0 Å². The predicted molar refractivity (Wildman–Crippen MR) is 89.0 cm³/mol. The molecule has 0 bridgehead atoms. The van der Waals surface area contributed by atoms with E-state index in [4.69, 9.17) is 0 Å². The number of hydrogen-bond acceptors (Lipinski definition) is 4. The van der Waals surface area contributed by atoms with Crippen LogP contribution in [0, 0.1) is 0 Å². The summed E-state index contributed by atoms with van der Waals surface area (Å²) in [6, 6.07) is 8.65. The Bertz CT molecular complexity index is 954. The smallest absolute Gasteiger partial charge is 0.168 e. The first-order chi connectivity index (χ1) is 11.6. The van der Waals surface area contributed by atoms with Gasteiger partial charge in [-0.2, -0.15) is 0 Å². The zero-order valence-corrected chi connectivity index (χ0v) is 12.9. The molecule has 0 saturated carbocycles. The minimum atomic E-state index is -0.610. The zero-order valence-electron chi connectivity index (χ0n) is 12.9. The largest absolute Gasteiger partial charge is 0.508 e. The summed E-state index contributed by atoms with van der Waals surface area (Å²) in [6.45, 7) is 0. The molecule has 24 heavy (non-hydrogen) atoms. The number of allylic oxidation sites excluding steroid dienone is 1. The van der Waals surface area contributed by atoms with Crippen molar-refractivity contribution in [1.29, 1.82) is 0 Å². The molecule has 2 aromatic carbocycles. The maximum Gasteiger partial charge on any atom is 0.168 e. The van der Waals surface area contributed by atoms with E-state index in [9.17, 15) is 20.1 Å². The van der Waals surface area contributed by atoms with Crippen molar-refractivity contribution in [2.45, 2.75) is 31.3 Å². The monoisotopic (exact) mass is 320 g/mol. The van der Waals surface area contributed by atoms with Crippen molar-refractivity contribution < 1.29 is 20.1 Å². The van der Waals surface area contributed by atoms with E-state index in [0.717, 1.165) is 27.8 Å². The van der Waals surface area contributed by atoms with Crippen molar-refractivity contribution >= 4 is 16.9 Å². The van der Waals surface area contributed by atoms with Gasteiger partial charge in [0.15, 0.2) is 5.78 Å². The molecule has 3 aliphatic carbocycles. The summed E-state index contributed by atoms with van der Waals surface area (Å²) in [4.78, 5) is 12.6. The van der Waals surface area contributed by atoms with Crippen LogP contribution in [0.3, 0.4) is 0 Å². The van der Waals surface area contributed by atoms with Gasteiger partial charge in [-0.05, 0) is 52.8 Å². The van der Waals surface area contributed by atoms with Gasteiger partial charge in [0.1, 0.15) is 11.5 Å². The highest BCUT2D eigenvalue weighted by atomic mass is 16.3. The number of hydrogen-bond donors (Lipinski definition) is 3. The summed E-state index contributed by atoms with van der Waals surface area (Å²) >= 11 is 0. The summed E-state index contributed by atoms with van der Waals surface area (Å²) in [5.74, 6) is 0.0598. The summed E-state index contributed by atoms with van der Waals surface area (Å²) in [5.41, 5.74) is 5.62. The van der Waals surface area contributed by atoms with E-state index in [1.165, 1.54) is 6.07 Å². The maximum absolute atomic E-state index is 12.6. The van der Waals surface area contributed by atoms with Crippen molar-refractivity contribution in [3.63, 3.8) is 0 Å². The first kappa shape index (κ1) is 13.8. The molecule has 0 aromatic heterocycles. The first-order valence-electron chi connectivity index (χ1n) is 8.20. The van der Waals surface area contributed by atoms with Crippen molar-refractivity contribution in [2.75, 3.05) is 0 Å². The fraction of sp³-hybridized carbons (Fsp3) is 0.250. The molecule has 5 rings (SSSR count). The van der Waals surface area contributed by atoms with Gasteiger partial charge in [-0.3, -0.25) is 4.79 Å². The minimum Gasteiger partial charge on any atom is -0.508 e. The third kappa shape index (κ3) is 1.54. The molecule has 0 aliphatic heterocycles. The second-order valence-corrected chi connectivity index (χ2v) is 6.79. The second-order valence-electron chi connectivity index (χ2n) is 6.79. The SMILES string of the molecule is O=C1C[C@H]2C(=C3c4c2ccc(O)c4CC[C@@H]3O)c2cccc(O)c21. The molecule has 4 heteroatoms. The highest BCUT2D eigenvalue weighted by Gasteiger charge is 2.44. The number of fused-ring (bicyclic) bond motifs is 4. The molecule has 0 fully saturated rings. The highest BCUT2D eigenvalue weighted by Crippen LogP contribution is 2.57. The summed E-state index contributed by atoms with van der Waals surface area (Å²) in [6.07, 6.45) is 0.854. The van der Waals surface area contributed by atoms with Crippen molar-refractivity contribution in [3.8, 4) is 11.5 Å². The van der Waals surface area contributed by atoms with E-state index in [0.29, 0.717) is 24.0 Å². The molecule has 3 N–H and O–H groups in total. The molecule has 3 aliphatic rings. The van der Waals surface area contributed by atoms with Crippen LogP contribution in [-0.4, -0.2) is 27.2 Å². The molecule has 0 unspecified atom stereocenters. The lowest BCUT2D eigenvalue weighted by Gasteiger charge is -2.26. The van der Waals surface area contributed by atoms with Crippen LogP contribution in [0.5, 0.6) is 11.5 Å². The molecule has 2 atom stereocenters. The zero-order chi connectivity index (χ0) is 16.6. The topological polar surface area (TPSA) is 77.8 Å². The lowest BCUT2D eigenvalue weighted by molar-refractivity contribution is 0.0972. The Hall–Kier alpha value is -2.59. The van der Waals surface area contributed by atoms with Crippen LogP contribution in [0.2, 0.25) is 0 Å². The van der Waals surface area contributed by atoms with Gasteiger partial charge in [-0.1, -0.05) is 18.2 Å². The molecular weight excluding hydrogens is 304 g/mol. The Labute approximate surface area is 138 Å². The minimum absolute atomic E-state index is 0.00613. The molecule has 0 heterocycles. The molecule has 4 nitrogen and oxygen atoms in total. The third-order valence-corrected chi connectivity index (χ3v) is 5.61. The summed E-state index contributed by atoms with van der Waals surface area (Å²) < 4.78 is 0. The Morgan fingerprint density at radius 3 is 2.62 bits per heavy atom. The van der Waals surface area contributed by atoms with E-state index in [1.54, 1.807) is 12.1 Å². The average molecular weight is 320 g/mol. The number of aliphatic hydroxyl groups excluding tert-OH is 1. The maximum atomic E-state index is 12.6. The van der Waals surface area contributed by atoms with Crippen LogP contribution in [0.15, 0.2) is 30.3 Å². The Morgan fingerprint density at radius 2 is 1.79 bits per heavy atom. The van der Waals surface area contributed by atoms with Crippen molar-refractivity contribution in [2.24, 2.45) is 0 Å². The van der Waals surface area contributed by atoms with Crippen LogP contribution in [0.25, 0.3) is 11.1 Å². The van der Waals surface area contributed by atoms with E-state index in [-0.39, 0.29) is 29.6 Å². The number of phenols is 2. The van der Waals surface area contributed by atoms with E-state index in [2.05, 4.69) is 0 Å². The van der Waals surface area contributed by atoms with E-state index < -0.39 is 6.10 Å². The highest BCUT2D eigenvalue weighted by molar-refractivity contribution is 6.14. The summed E-state index contributed by atoms with van der Waals surface area (Å²) in [7, 11) is 0. The number of aliphatic hydroxyl groups is 1. The lowest BCUT2D eigenvalue weighted by atomic mass is 9.77. The number of carbonyl (C=O) groups is 1. The fourth-order valence-corrected chi connectivity index (χ4v) is 4.66. The van der Waals surface area contributed by atoms with Crippen molar-refractivity contribution in [3.05, 3.63) is 58.1 Å². The number of phenolic OH excluding ortho intramolecular Hbond substituents is 2. The third-order valence-electron chi connectivity index (χ3n) is 5.61. The van der Waals surface area contributed by atoms with Crippen LogP contribution in [0.4, 0.5) is 0 Å². The van der Waals surface area contributed by atoms with E-state index >= 15 is 0 Å². The van der Waals surface area contributed by atoms with Gasteiger partial charge in [0.2, 0.25) is 0 Å². The number of aromatic hydroxyl groups is 2. The summed E-state index contributed by atoms with van der Waals surface area (Å²) in [5, 5.41) is 31.0. The molecule has 120 valence electrons. The first-order valence-corrected chi connectivity index (χ1v) is 8.20. The van der Waals surface area contributed by atoms with Crippen LogP contribution >= 0.6 is 0 Å². The Morgan fingerprint density at radius 1 is 0.958 bits per heavy atom. The normalized spacial score (nSPS) is 23.8. The Balaban J connectivity index is 1.90. The number of ketones is 1. The molecule has 0 amide bonds. The van der Waals surface area contributed by atoms with Crippen LogP contribution in [-0.2, 0) is 6.42 Å². The standard InChI is InChI=1S/C20H16O4/c21-13-6-4-9-12-8-16(24)19-11(2-1-3-14(19)22)18(12)20-15(23)7-5-10(13)17(9)20/h1-4,6,12,15,21-23H,5,7-8H2/t12-,15+/m1/s1. The van der Waals surface area contributed by atoms with Gasteiger partial charge in [-0.15, -0.1) is 0 Å². The van der Waals surface area contributed by atoms with Gasteiger partial charge >= 0.3 is 0 Å². The molecular formula is C20H16O4. The predicted octanol–water partition coefficient (Wildman–Crippen LogP) is 3.00. The fourth-order valence-electron chi connectivity index (χ4n) is 4.66.